The van der Waals surface area contributed by atoms with Crippen molar-refractivity contribution in [2.75, 3.05) is 0 Å². The molecule has 0 spiro atoms. The lowest BCUT2D eigenvalue weighted by Crippen LogP contribution is -2.19. The fourth-order valence-electron chi connectivity index (χ4n) is 3.02. The first-order valence-corrected chi connectivity index (χ1v) is 5.08. The highest BCUT2D eigenvalue weighted by Gasteiger charge is 2.44. The Hall–Kier alpha value is -1.31. The van der Waals surface area contributed by atoms with Crippen molar-refractivity contribution < 1.29 is 9.53 Å². The number of hydrogen-bond acceptors (Lipinski definition) is 2. The van der Waals surface area contributed by atoms with Crippen molar-refractivity contribution in [3.8, 4) is 0 Å². The minimum absolute atomic E-state index is 0.132. The second-order valence-corrected chi connectivity index (χ2v) is 4.17. The molecule has 2 bridgehead atoms. The third-order valence-electron chi connectivity index (χ3n) is 3.57. The number of carbonyl (C=O) groups is 1. The van der Waals surface area contributed by atoms with E-state index in [-0.39, 0.29) is 6.10 Å². The van der Waals surface area contributed by atoms with Gasteiger partial charge in [-0.05, 0) is 29.9 Å². The summed E-state index contributed by atoms with van der Waals surface area (Å²) in [6.07, 6.45) is 2.31. The van der Waals surface area contributed by atoms with E-state index in [9.17, 15) is 4.79 Å². The van der Waals surface area contributed by atoms with Gasteiger partial charge in [-0.2, -0.15) is 0 Å². The van der Waals surface area contributed by atoms with Gasteiger partial charge < -0.3 is 4.74 Å². The first kappa shape index (κ1) is 8.04. The van der Waals surface area contributed by atoms with Crippen LogP contribution in [0.4, 0.5) is 0 Å². The lowest BCUT2D eigenvalue weighted by Gasteiger charge is -2.22. The molecule has 0 aliphatic heterocycles. The molecule has 0 saturated heterocycles. The second kappa shape index (κ2) is 2.84. The zero-order valence-electron chi connectivity index (χ0n) is 7.85. The maximum absolute atomic E-state index is 10.3. The Morgan fingerprint density at radius 2 is 2.00 bits per heavy atom. The van der Waals surface area contributed by atoms with Gasteiger partial charge in [-0.3, -0.25) is 4.79 Å². The number of hydrogen-bond donors (Lipinski definition) is 0. The van der Waals surface area contributed by atoms with Gasteiger partial charge in [0, 0.05) is 5.92 Å². The molecule has 0 heterocycles. The molecule has 72 valence electrons. The largest absolute Gasteiger partial charge is 0.464 e. The van der Waals surface area contributed by atoms with Crippen LogP contribution in [-0.4, -0.2) is 12.6 Å². The molecule has 2 aliphatic rings. The second-order valence-electron chi connectivity index (χ2n) is 4.17. The molecule has 2 nitrogen and oxygen atoms in total. The van der Waals surface area contributed by atoms with Crippen molar-refractivity contribution in [3.63, 3.8) is 0 Å². The fraction of sp³-hybridized carbons (Fsp3) is 0.417. The number of benzene rings is 1. The Morgan fingerprint density at radius 3 is 2.79 bits per heavy atom. The smallest absolute Gasteiger partial charge is 0.293 e. The van der Waals surface area contributed by atoms with Crippen LogP contribution in [0.3, 0.4) is 0 Å². The minimum Gasteiger partial charge on any atom is -0.464 e. The summed E-state index contributed by atoms with van der Waals surface area (Å²) in [4.78, 5) is 10.3. The van der Waals surface area contributed by atoms with Crippen molar-refractivity contribution in [3.05, 3.63) is 35.4 Å². The Bertz CT molecular complexity index is 372. The van der Waals surface area contributed by atoms with Crippen LogP contribution in [0.15, 0.2) is 24.3 Å². The Morgan fingerprint density at radius 1 is 1.21 bits per heavy atom. The number of carbonyl (C=O) groups excluding carboxylic acids is 1. The quantitative estimate of drug-likeness (QED) is 0.665. The van der Waals surface area contributed by atoms with Gasteiger partial charge in [-0.1, -0.05) is 24.3 Å². The predicted molar refractivity (Wildman–Crippen MR) is 52.1 cm³/mol. The van der Waals surface area contributed by atoms with Gasteiger partial charge in [0.2, 0.25) is 0 Å². The highest BCUT2D eigenvalue weighted by molar-refractivity contribution is 5.45. The molecule has 0 radical (unpaired) electrons. The summed E-state index contributed by atoms with van der Waals surface area (Å²) in [5.41, 5.74) is 2.87. The monoisotopic (exact) mass is 188 g/mol. The third kappa shape index (κ3) is 0.939. The molecule has 1 aromatic carbocycles. The van der Waals surface area contributed by atoms with Crippen LogP contribution < -0.4 is 0 Å². The molecule has 2 aliphatic carbocycles. The van der Waals surface area contributed by atoms with E-state index in [0.29, 0.717) is 18.3 Å². The minimum atomic E-state index is 0.132. The van der Waals surface area contributed by atoms with Crippen LogP contribution >= 0.6 is 0 Å². The van der Waals surface area contributed by atoms with Gasteiger partial charge in [0.25, 0.3) is 6.47 Å². The van der Waals surface area contributed by atoms with E-state index >= 15 is 0 Å². The van der Waals surface area contributed by atoms with Crippen LogP contribution in [0.1, 0.15) is 35.8 Å². The van der Waals surface area contributed by atoms with Crippen molar-refractivity contribution in [2.24, 2.45) is 0 Å². The summed E-state index contributed by atoms with van der Waals surface area (Å²) in [5.74, 6) is 1.09. The van der Waals surface area contributed by atoms with Gasteiger partial charge in [0.1, 0.15) is 6.10 Å². The summed E-state index contributed by atoms with van der Waals surface area (Å²) in [7, 11) is 0. The standard InChI is InChI=1S/C12H12O2/c13-7-14-12-6-8-5-11(12)10-4-2-1-3-9(8)10/h1-4,7-8,11-12H,5-6H2/t8-,11-,12-/m1/s1. The predicted octanol–water partition coefficient (Wildman–Crippen LogP) is 2.20. The van der Waals surface area contributed by atoms with E-state index in [1.54, 1.807) is 0 Å². The van der Waals surface area contributed by atoms with E-state index in [4.69, 9.17) is 4.74 Å². The van der Waals surface area contributed by atoms with Gasteiger partial charge in [-0.25, -0.2) is 0 Å². The van der Waals surface area contributed by atoms with E-state index < -0.39 is 0 Å². The normalized spacial score (nSPS) is 32.7. The van der Waals surface area contributed by atoms with Crippen LogP contribution in [0.5, 0.6) is 0 Å². The van der Waals surface area contributed by atoms with E-state index in [2.05, 4.69) is 24.3 Å². The topological polar surface area (TPSA) is 26.3 Å². The molecule has 1 aromatic rings. The average Bonchev–Trinajstić information content (AvgIpc) is 2.77. The van der Waals surface area contributed by atoms with E-state index in [0.717, 1.165) is 12.8 Å². The molecule has 3 atom stereocenters. The molecular formula is C12H12O2. The van der Waals surface area contributed by atoms with Crippen molar-refractivity contribution in [1.29, 1.82) is 0 Å². The molecule has 1 saturated carbocycles. The zero-order chi connectivity index (χ0) is 9.54. The summed E-state index contributed by atoms with van der Waals surface area (Å²) in [6.45, 7) is 0.591. The molecule has 3 rings (SSSR count). The number of fused-ring (bicyclic) bond motifs is 5. The molecule has 2 heteroatoms. The lowest BCUT2D eigenvalue weighted by atomic mass is 9.90. The van der Waals surface area contributed by atoms with Crippen LogP contribution in [0, 0.1) is 0 Å². The maximum atomic E-state index is 10.3. The van der Waals surface area contributed by atoms with Crippen molar-refractivity contribution in [2.45, 2.75) is 30.8 Å². The summed E-state index contributed by atoms with van der Waals surface area (Å²) < 4.78 is 5.11. The van der Waals surface area contributed by atoms with E-state index in [1.165, 1.54) is 11.1 Å². The van der Waals surface area contributed by atoms with Gasteiger partial charge >= 0.3 is 0 Å². The summed E-state index contributed by atoms with van der Waals surface area (Å²) >= 11 is 0. The molecule has 1 fully saturated rings. The number of rotatable bonds is 2. The van der Waals surface area contributed by atoms with Gasteiger partial charge in [0.05, 0.1) is 0 Å². The Kier molecular flexibility index (Phi) is 1.63. The van der Waals surface area contributed by atoms with E-state index in [1.807, 2.05) is 0 Å². The zero-order valence-corrected chi connectivity index (χ0v) is 7.85. The summed E-state index contributed by atoms with van der Waals surface area (Å²) in [6, 6.07) is 8.53. The lowest BCUT2D eigenvalue weighted by molar-refractivity contribution is -0.134. The molecule has 0 amide bonds. The molecule has 0 N–H and O–H groups in total. The highest BCUT2D eigenvalue weighted by Crippen LogP contribution is 2.53. The van der Waals surface area contributed by atoms with Crippen LogP contribution in [0.2, 0.25) is 0 Å². The molecular weight excluding hydrogens is 176 g/mol. The van der Waals surface area contributed by atoms with Gasteiger partial charge in [0.15, 0.2) is 0 Å². The Balaban J connectivity index is 1.98. The van der Waals surface area contributed by atoms with Crippen molar-refractivity contribution in [1.82, 2.24) is 0 Å². The SMILES string of the molecule is O=CO[C@@H]1C[C@H]2C[C@@H]1c1ccccc12. The van der Waals surface area contributed by atoms with Gasteiger partial charge in [-0.15, -0.1) is 0 Å². The van der Waals surface area contributed by atoms with Crippen molar-refractivity contribution >= 4 is 6.47 Å². The molecule has 0 unspecified atom stereocenters. The molecule has 14 heavy (non-hydrogen) atoms. The summed E-state index contributed by atoms with van der Waals surface area (Å²) in [5, 5.41) is 0. The van der Waals surface area contributed by atoms with Crippen LogP contribution in [-0.2, 0) is 9.53 Å². The first-order valence-electron chi connectivity index (χ1n) is 5.08. The van der Waals surface area contributed by atoms with Crippen LogP contribution in [0.25, 0.3) is 0 Å². The maximum Gasteiger partial charge on any atom is 0.293 e. The average molecular weight is 188 g/mol. The highest BCUT2D eigenvalue weighted by atomic mass is 16.5. The fourth-order valence-corrected chi connectivity index (χ4v) is 3.02. The Labute approximate surface area is 82.9 Å². The third-order valence-corrected chi connectivity index (χ3v) is 3.57. The number of ether oxygens (including phenoxy) is 1. The molecule has 0 aromatic heterocycles. The first-order chi connectivity index (χ1) is 6.90.